The number of Topliss-reactive ketones (excluding diaryl/α,β-unsaturated/α-hetero) is 1. The Morgan fingerprint density at radius 1 is 1.12 bits per heavy atom. The minimum atomic E-state index is -0.567. The molecule has 2 aromatic rings. The van der Waals surface area contributed by atoms with Crippen molar-refractivity contribution in [2.24, 2.45) is 0 Å². The molecule has 0 spiro atoms. The van der Waals surface area contributed by atoms with Crippen molar-refractivity contribution in [3.8, 4) is 11.5 Å². The number of fused-ring (bicyclic) bond motifs is 1. The van der Waals surface area contributed by atoms with Gasteiger partial charge in [0, 0.05) is 18.4 Å². The lowest BCUT2D eigenvalue weighted by Gasteiger charge is -2.22. The number of methoxy groups -OCH3 is 3. The minimum Gasteiger partial charge on any atom is -0.493 e. The summed E-state index contributed by atoms with van der Waals surface area (Å²) in [5.41, 5.74) is 2.03. The van der Waals surface area contributed by atoms with Crippen LogP contribution < -0.4 is 9.47 Å². The van der Waals surface area contributed by atoms with Crippen LogP contribution in [0.3, 0.4) is 0 Å². The number of carbonyl (C=O) groups excluding carboxylic acids is 2. The lowest BCUT2D eigenvalue weighted by atomic mass is 9.81. The fourth-order valence-corrected chi connectivity index (χ4v) is 3.33. The molecule has 1 aromatic carbocycles. The molecule has 6 heteroatoms. The summed E-state index contributed by atoms with van der Waals surface area (Å²) in [7, 11) is 4.44. The summed E-state index contributed by atoms with van der Waals surface area (Å²) in [6, 6.07) is 5.61. The first-order valence-electron chi connectivity index (χ1n) is 7.95. The van der Waals surface area contributed by atoms with E-state index in [-0.39, 0.29) is 17.5 Å². The smallest absolute Gasteiger partial charge is 0.374 e. The van der Waals surface area contributed by atoms with Crippen molar-refractivity contribution in [3.05, 3.63) is 46.4 Å². The van der Waals surface area contributed by atoms with Gasteiger partial charge in [-0.25, -0.2) is 4.79 Å². The van der Waals surface area contributed by atoms with Crippen LogP contribution in [0.5, 0.6) is 11.5 Å². The van der Waals surface area contributed by atoms with Gasteiger partial charge in [0.2, 0.25) is 5.76 Å². The molecule has 0 radical (unpaired) electrons. The Hall–Kier alpha value is -2.76. The van der Waals surface area contributed by atoms with Gasteiger partial charge in [0.05, 0.1) is 26.9 Å². The predicted molar refractivity (Wildman–Crippen MR) is 89.7 cm³/mol. The highest BCUT2D eigenvalue weighted by Crippen LogP contribution is 2.39. The highest BCUT2D eigenvalue weighted by molar-refractivity contribution is 6.03. The number of ether oxygens (including phenoxy) is 3. The Morgan fingerprint density at radius 2 is 1.84 bits per heavy atom. The second kappa shape index (κ2) is 6.63. The number of benzene rings is 1. The zero-order chi connectivity index (χ0) is 18.1. The van der Waals surface area contributed by atoms with Gasteiger partial charge in [-0.1, -0.05) is 6.07 Å². The third kappa shape index (κ3) is 2.88. The Kier molecular flexibility index (Phi) is 4.53. The summed E-state index contributed by atoms with van der Waals surface area (Å²) in [6.07, 6.45) is 0.887. The molecule has 6 nitrogen and oxygen atoms in total. The van der Waals surface area contributed by atoms with Crippen molar-refractivity contribution in [1.29, 1.82) is 0 Å². The van der Waals surface area contributed by atoms with E-state index in [0.717, 1.165) is 5.56 Å². The predicted octanol–water partition coefficient (Wildman–Crippen LogP) is 3.30. The molecule has 0 saturated heterocycles. The molecule has 1 aromatic heterocycles. The standard InChI is InChI=1S/C19H20O6/c1-10-17-13(20)7-12(9-16(17)25-18(10)19(21)24-4)11-5-6-14(22-2)15(8-11)23-3/h5-6,8,12H,7,9H2,1-4H3/t12-/m0/s1. The Labute approximate surface area is 145 Å². The lowest BCUT2D eigenvalue weighted by molar-refractivity contribution is 0.0561. The van der Waals surface area contributed by atoms with Crippen LogP contribution in [-0.4, -0.2) is 33.1 Å². The number of esters is 1. The number of rotatable bonds is 4. The molecule has 3 rings (SSSR count). The maximum Gasteiger partial charge on any atom is 0.374 e. The number of hydrogen-bond donors (Lipinski definition) is 0. The first-order chi connectivity index (χ1) is 12.0. The SMILES string of the molecule is COC(=O)c1oc2c(c1C)C(=O)C[C@H](c1ccc(OC)c(OC)c1)C2. The van der Waals surface area contributed by atoms with Crippen LogP contribution in [0.1, 0.15) is 50.1 Å². The average molecular weight is 344 g/mol. The molecular weight excluding hydrogens is 324 g/mol. The highest BCUT2D eigenvalue weighted by atomic mass is 16.5. The molecular formula is C19H20O6. The fraction of sp³-hybridized carbons (Fsp3) is 0.368. The number of ketones is 1. The first kappa shape index (κ1) is 17.1. The molecule has 1 aliphatic rings. The Morgan fingerprint density at radius 3 is 2.48 bits per heavy atom. The van der Waals surface area contributed by atoms with E-state index < -0.39 is 5.97 Å². The number of furan rings is 1. The Bertz CT molecular complexity index is 833. The third-order valence-corrected chi connectivity index (χ3v) is 4.61. The van der Waals surface area contributed by atoms with Gasteiger partial charge in [0.25, 0.3) is 0 Å². The molecule has 0 unspecified atom stereocenters. The van der Waals surface area contributed by atoms with E-state index >= 15 is 0 Å². The molecule has 0 saturated carbocycles. The van der Waals surface area contributed by atoms with Gasteiger partial charge in [0.15, 0.2) is 17.3 Å². The summed E-state index contributed by atoms with van der Waals surface area (Å²) >= 11 is 0. The topological polar surface area (TPSA) is 75.0 Å². The summed E-state index contributed by atoms with van der Waals surface area (Å²) in [4.78, 5) is 24.4. The quantitative estimate of drug-likeness (QED) is 0.792. The van der Waals surface area contributed by atoms with Crippen molar-refractivity contribution in [2.45, 2.75) is 25.7 Å². The summed E-state index contributed by atoms with van der Waals surface area (Å²) in [6.45, 7) is 1.71. The summed E-state index contributed by atoms with van der Waals surface area (Å²) in [5, 5.41) is 0. The molecule has 132 valence electrons. The maximum absolute atomic E-state index is 12.6. The van der Waals surface area contributed by atoms with Gasteiger partial charge in [-0.3, -0.25) is 4.79 Å². The third-order valence-electron chi connectivity index (χ3n) is 4.61. The van der Waals surface area contributed by atoms with Crippen molar-refractivity contribution >= 4 is 11.8 Å². The molecule has 1 atom stereocenters. The van der Waals surface area contributed by atoms with Gasteiger partial charge < -0.3 is 18.6 Å². The summed E-state index contributed by atoms with van der Waals surface area (Å²) in [5.74, 6) is 1.25. The van der Waals surface area contributed by atoms with Crippen molar-refractivity contribution in [2.75, 3.05) is 21.3 Å². The van der Waals surface area contributed by atoms with E-state index in [1.165, 1.54) is 7.11 Å². The molecule has 25 heavy (non-hydrogen) atoms. The van der Waals surface area contributed by atoms with E-state index in [1.54, 1.807) is 21.1 Å². The number of hydrogen-bond acceptors (Lipinski definition) is 6. The Balaban J connectivity index is 1.96. The van der Waals surface area contributed by atoms with Gasteiger partial charge in [-0.05, 0) is 30.5 Å². The first-order valence-corrected chi connectivity index (χ1v) is 7.95. The second-order valence-electron chi connectivity index (χ2n) is 5.99. The van der Waals surface area contributed by atoms with Crippen LogP contribution in [-0.2, 0) is 11.2 Å². The lowest BCUT2D eigenvalue weighted by Crippen LogP contribution is -2.18. The molecule has 1 heterocycles. The van der Waals surface area contributed by atoms with E-state index in [1.807, 2.05) is 18.2 Å². The molecule has 0 bridgehead atoms. The minimum absolute atomic E-state index is 0.0302. The van der Waals surface area contributed by atoms with Crippen molar-refractivity contribution in [3.63, 3.8) is 0 Å². The van der Waals surface area contributed by atoms with Crippen LogP contribution in [0, 0.1) is 6.92 Å². The normalized spacial score (nSPS) is 16.3. The molecule has 0 amide bonds. The molecule has 1 aliphatic carbocycles. The van der Waals surface area contributed by atoms with Crippen LogP contribution in [0.25, 0.3) is 0 Å². The monoisotopic (exact) mass is 344 g/mol. The van der Waals surface area contributed by atoms with Crippen LogP contribution in [0.2, 0.25) is 0 Å². The van der Waals surface area contributed by atoms with Gasteiger partial charge >= 0.3 is 5.97 Å². The molecule has 0 fully saturated rings. The zero-order valence-electron chi connectivity index (χ0n) is 14.7. The van der Waals surface area contributed by atoms with Crippen molar-refractivity contribution in [1.82, 2.24) is 0 Å². The van der Waals surface area contributed by atoms with E-state index in [9.17, 15) is 9.59 Å². The maximum atomic E-state index is 12.6. The fourth-order valence-electron chi connectivity index (χ4n) is 3.33. The molecule has 0 N–H and O–H groups in total. The number of carbonyl (C=O) groups is 2. The van der Waals surface area contributed by atoms with Crippen LogP contribution >= 0.6 is 0 Å². The average Bonchev–Trinajstić information content (AvgIpc) is 2.97. The van der Waals surface area contributed by atoms with Gasteiger partial charge in [0.1, 0.15) is 5.76 Å². The largest absolute Gasteiger partial charge is 0.493 e. The zero-order valence-corrected chi connectivity index (χ0v) is 14.7. The van der Waals surface area contributed by atoms with E-state index in [0.29, 0.717) is 41.2 Å². The summed E-state index contributed by atoms with van der Waals surface area (Å²) < 4.78 is 21.0. The van der Waals surface area contributed by atoms with Crippen LogP contribution in [0.15, 0.2) is 22.6 Å². The van der Waals surface area contributed by atoms with Crippen LogP contribution in [0.4, 0.5) is 0 Å². The van der Waals surface area contributed by atoms with E-state index in [2.05, 4.69) is 0 Å². The molecule has 0 aliphatic heterocycles. The van der Waals surface area contributed by atoms with Gasteiger partial charge in [-0.15, -0.1) is 0 Å². The van der Waals surface area contributed by atoms with Crippen molar-refractivity contribution < 1.29 is 28.2 Å². The highest BCUT2D eigenvalue weighted by Gasteiger charge is 2.34. The second-order valence-corrected chi connectivity index (χ2v) is 5.99. The van der Waals surface area contributed by atoms with Gasteiger partial charge in [-0.2, -0.15) is 0 Å². The van der Waals surface area contributed by atoms with E-state index in [4.69, 9.17) is 18.6 Å².